The summed E-state index contributed by atoms with van der Waals surface area (Å²) in [7, 11) is 0. The molecule has 0 bridgehead atoms. The van der Waals surface area contributed by atoms with Crippen LogP contribution in [0.1, 0.15) is 38.1 Å². The van der Waals surface area contributed by atoms with Crippen LogP contribution in [0.25, 0.3) is 11.3 Å². The molecule has 0 saturated heterocycles. The van der Waals surface area contributed by atoms with Crippen LogP contribution in [0, 0.1) is 24.2 Å². The maximum Gasteiger partial charge on any atom is 0.254 e. The van der Waals surface area contributed by atoms with Crippen LogP contribution in [-0.2, 0) is 16.1 Å². The van der Waals surface area contributed by atoms with E-state index in [9.17, 15) is 24.8 Å². The number of hydrogen-bond donors (Lipinski definition) is 3. The number of amides is 2. The molecule has 3 N–H and O–H groups in total. The van der Waals surface area contributed by atoms with E-state index in [0.29, 0.717) is 28.3 Å². The molecule has 1 aliphatic carbocycles. The van der Waals surface area contributed by atoms with Crippen LogP contribution in [0.15, 0.2) is 29.1 Å². The summed E-state index contributed by atoms with van der Waals surface area (Å²) < 4.78 is 1.23. The fraction of sp³-hybridized carbons (Fsp3) is 0.409. The Morgan fingerprint density at radius 3 is 2.61 bits per heavy atom. The molecule has 0 aliphatic heterocycles. The van der Waals surface area contributed by atoms with Gasteiger partial charge in [0, 0.05) is 24.1 Å². The van der Waals surface area contributed by atoms with Crippen molar-refractivity contribution in [2.24, 2.45) is 5.92 Å². The second kappa shape index (κ2) is 8.70. The first-order valence-electron chi connectivity index (χ1n) is 10.0. The van der Waals surface area contributed by atoms with Gasteiger partial charge in [0.15, 0.2) is 0 Å². The monoisotopic (exact) mass is 423 g/mol. The maximum atomic E-state index is 12.7. The number of aryl methyl sites for hydroxylation is 1. The molecule has 162 valence electrons. The minimum atomic E-state index is -1.06. The van der Waals surface area contributed by atoms with E-state index in [-0.39, 0.29) is 24.9 Å². The van der Waals surface area contributed by atoms with Crippen LogP contribution in [0.5, 0.6) is 0 Å². The summed E-state index contributed by atoms with van der Waals surface area (Å²) in [6.45, 7) is 4.57. The lowest BCUT2D eigenvalue weighted by Crippen LogP contribution is -2.41. The van der Waals surface area contributed by atoms with Gasteiger partial charge in [0.1, 0.15) is 12.4 Å². The van der Waals surface area contributed by atoms with Gasteiger partial charge in [-0.15, -0.1) is 0 Å². The molecule has 9 heteroatoms. The fourth-order valence-corrected chi connectivity index (χ4v) is 2.99. The van der Waals surface area contributed by atoms with Crippen LogP contribution >= 0.6 is 0 Å². The topological polar surface area (TPSA) is 137 Å². The van der Waals surface area contributed by atoms with Crippen LogP contribution in [0.4, 0.5) is 5.69 Å². The molecule has 1 saturated carbocycles. The molecule has 0 radical (unpaired) electrons. The minimum absolute atomic E-state index is 0.0244. The van der Waals surface area contributed by atoms with Crippen molar-refractivity contribution in [1.82, 2.24) is 14.9 Å². The number of aliphatic hydroxyl groups is 1. The zero-order valence-corrected chi connectivity index (χ0v) is 17.7. The smallest absolute Gasteiger partial charge is 0.254 e. The van der Waals surface area contributed by atoms with Crippen molar-refractivity contribution < 1.29 is 14.7 Å². The second-order valence-corrected chi connectivity index (χ2v) is 8.34. The van der Waals surface area contributed by atoms with Gasteiger partial charge in [-0.25, -0.2) is 4.98 Å². The lowest BCUT2D eigenvalue weighted by Gasteiger charge is -2.18. The first kappa shape index (κ1) is 22.2. The third kappa shape index (κ3) is 5.77. The number of carbonyl (C=O) groups is 2. The van der Waals surface area contributed by atoms with Crippen LogP contribution in [0.2, 0.25) is 0 Å². The number of benzene rings is 1. The fourth-order valence-electron chi connectivity index (χ4n) is 2.99. The molecular weight excluding hydrogens is 398 g/mol. The number of nitrogens with one attached hydrogen (secondary N) is 2. The predicted molar refractivity (Wildman–Crippen MR) is 114 cm³/mol. The molecule has 31 heavy (non-hydrogen) atoms. The number of anilines is 1. The van der Waals surface area contributed by atoms with E-state index < -0.39 is 17.1 Å². The van der Waals surface area contributed by atoms with E-state index in [0.717, 1.165) is 12.8 Å². The molecule has 1 heterocycles. The molecule has 2 aromatic rings. The highest BCUT2D eigenvalue weighted by Crippen LogP contribution is 2.33. The van der Waals surface area contributed by atoms with Gasteiger partial charge in [-0.3, -0.25) is 19.0 Å². The van der Waals surface area contributed by atoms with Gasteiger partial charge >= 0.3 is 0 Å². The highest BCUT2D eigenvalue weighted by Gasteiger charge is 2.30. The van der Waals surface area contributed by atoms with Gasteiger partial charge in [-0.2, -0.15) is 5.26 Å². The van der Waals surface area contributed by atoms with Crippen LogP contribution in [-0.4, -0.2) is 38.6 Å². The largest absolute Gasteiger partial charge is 0.389 e. The molecule has 3 rings (SSSR count). The maximum absolute atomic E-state index is 12.7. The van der Waals surface area contributed by atoms with E-state index in [1.165, 1.54) is 10.6 Å². The van der Waals surface area contributed by atoms with Crippen LogP contribution < -0.4 is 16.2 Å². The van der Waals surface area contributed by atoms with Gasteiger partial charge in [0.25, 0.3) is 5.56 Å². The first-order chi connectivity index (χ1) is 14.6. The third-order valence-electron chi connectivity index (χ3n) is 4.85. The summed E-state index contributed by atoms with van der Waals surface area (Å²) in [5.74, 6) is -0.240. The Morgan fingerprint density at radius 2 is 2.03 bits per heavy atom. The molecule has 1 aromatic carbocycles. The summed E-state index contributed by atoms with van der Waals surface area (Å²) in [4.78, 5) is 41.6. The summed E-state index contributed by atoms with van der Waals surface area (Å²) in [5, 5.41) is 24.3. The van der Waals surface area contributed by atoms with Crippen LogP contribution in [0.3, 0.4) is 0 Å². The van der Waals surface area contributed by atoms with Crippen molar-refractivity contribution >= 4 is 17.5 Å². The van der Waals surface area contributed by atoms with Gasteiger partial charge in [-0.05, 0) is 51.8 Å². The number of nitrogens with zero attached hydrogens (tertiary/aromatic N) is 3. The summed E-state index contributed by atoms with van der Waals surface area (Å²) >= 11 is 0. The average molecular weight is 423 g/mol. The summed E-state index contributed by atoms with van der Waals surface area (Å²) in [6.07, 6.45) is 1.67. The normalized spacial score (nSPS) is 13.4. The van der Waals surface area contributed by atoms with Crippen molar-refractivity contribution in [3.63, 3.8) is 0 Å². The molecule has 0 spiro atoms. The first-order valence-corrected chi connectivity index (χ1v) is 10.0. The highest BCUT2D eigenvalue weighted by atomic mass is 16.3. The molecule has 1 aromatic heterocycles. The molecule has 1 aliphatic rings. The Morgan fingerprint density at radius 1 is 1.32 bits per heavy atom. The molecule has 2 amide bonds. The number of nitriles is 1. The third-order valence-corrected chi connectivity index (χ3v) is 4.85. The van der Waals surface area contributed by atoms with E-state index >= 15 is 0 Å². The van der Waals surface area contributed by atoms with Gasteiger partial charge < -0.3 is 15.7 Å². The number of hydrogen-bond acceptors (Lipinski definition) is 6. The standard InChI is InChI=1S/C22H25N5O4/c1-13-25-18(9-20(29)27(13)11-19(28)24-12-22(2,3)31)16-7-4-14(10-23)8-17(16)26-21(30)15-5-6-15/h4,7-9,15,31H,5-6,11-12H2,1-3H3,(H,24,28)(H,26,30). The SMILES string of the molecule is Cc1nc(-c2ccc(C#N)cc2NC(=O)C2CC2)cc(=O)n1CC(=O)NCC(C)(C)O. The zero-order valence-electron chi connectivity index (χ0n) is 17.7. The molecule has 1 fully saturated rings. The minimum Gasteiger partial charge on any atom is -0.389 e. The van der Waals surface area contributed by atoms with Crippen molar-refractivity contribution in [3.8, 4) is 17.3 Å². The number of rotatable bonds is 7. The van der Waals surface area contributed by atoms with Gasteiger partial charge in [0.2, 0.25) is 11.8 Å². The van der Waals surface area contributed by atoms with Gasteiger partial charge in [0.05, 0.1) is 28.6 Å². The summed E-state index contributed by atoms with van der Waals surface area (Å²) in [5.41, 5.74) is 0.170. The predicted octanol–water partition coefficient (Wildman–Crippen LogP) is 1.33. The Hall–Kier alpha value is -3.51. The van der Waals surface area contributed by atoms with Crippen molar-refractivity contribution in [2.75, 3.05) is 11.9 Å². The Balaban J connectivity index is 1.88. The van der Waals surface area contributed by atoms with Gasteiger partial charge in [-0.1, -0.05) is 0 Å². The lowest BCUT2D eigenvalue weighted by molar-refractivity contribution is -0.122. The lowest BCUT2D eigenvalue weighted by atomic mass is 10.1. The Kier molecular flexibility index (Phi) is 6.22. The number of carbonyl (C=O) groups excluding carboxylic acids is 2. The van der Waals surface area contributed by atoms with E-state index in [1.807, 2.05) is 6.07 Å². The molecule has 9 nitrogen and oxygen atoms in total. The summed E-state index contributed by atoms with van der Waals surface area (Å²) in [6, 6.07) is 8.13. The molecular formula is C22H25N5O4. The van der Waals surface area contributed by atoms with Crippen molar-refractivity contribution in [1.29, 1.82) is 5.26 Å². The second-order valence-electron chi connectivity index (χ2n) is 8.34. The Labute approximate surface area is 179 Å². The van der Waals surface area contributed by atoms with E-state index in [1.54, 1.807) is 39.0 Å². The van der Waals surface area contributed by atoms with Crippen molar-refractivity contribution in [3.05, 3.63) is 46.0 Å². The average Bonchev–Trinajstić information content (AvgIpc) is 3.54. The highest BCUT2D eigenvalue weighted by molar-refractivity contribution is 5.97. The zero-order chi connectivity index (χ0) is 22.8. The quantitative estimate of drug-likeness (QED) is 0.614. The van der Waals surface area contributed by atoms with Crippen molar-refractivity contribution in [2.45, 2.75) is 45.8 Å². The Bertz CT molecular complexity index is 1120. The molecule has 0 unspecified atom stereocenters. The van der Waals surface area contributed by atoms with E-state index in [4.69, 9.17) is 0 Å². The number of aromatic nitrogens is 2. The molecule has 0 atom stereocenters. The van der Waals surface area contributed by atoms with E-state index in [2.05, 4.69) is 15.6 Å².